The molecule has 1 N–H and O–H groups in total. The van der Waals surface area contributed by atoms with Crippen LogP contribution in [0.25, 0.3) is 15.9 Å². The van der Waals surface area contributed by atoms with Crippen molar-refractivity contribution >= 4 is 50.6 Å². The molecular weight excluding hydrogens is 428 g/mol. The number of aromatic nitrogens is 2. The van der Waals surface area contributed by atoms with E-state index in [4.69, 9.17) is 0 Å². The van der Waals surface area contributed by atoms with Crippen LogP contribution in [0.4, 0.5) is 11.4 Å². The number of hydrogen-bond donors (Lipinski definition) is 1. The Hall–Kier alpha value is -3.10. The van der Waals surface area contributed by atoms with E-state index in [1.807, 2.05) is 85.9 Å². The maximum absolute atomic E-state index is 13.2. The molecule has 8 heteroatoms. The lowest BCUT2D eigenvalue weighted by molar-refractivity contribution is -0.113. The second kappa shape index (κ2) is 8.95. The summed E-state index contributed by atoms with van der Waals surface area (Å²) in [5, 5.41) is 5.26. The Bertz CT molecular complexity index is 1290. The zero-order valence-electron chi connectivity index (χ0n) is 17.5. The Labute approximate surface area is 188 Å². The number of thiophene rings is 1. The molecule has 4 aromatic rings. The van der Waals surface area contributed by atoms with E-state index in [9.17, 15) is 9.59 Å². The van der Waals surface area contributed by atoms with Crippen LogP contribution in [0.3, 0.4) is 0 Å². The first-order chi connectivity index (χ1) is 14.9. The molecule has 0 aliphatic carbocycles. The minimum atomic E-state index is -0.155. The van der Waals surface area contributed by atoms with Gasteiger partial charge in [0.15, 0.2) is 5.16 Å². The topological polar surface area (TPSA) is 67.2 Å². The normalized spacial score (nSPS) is 10.9. The Morgan fingerprint density at radius 1 is 1.16 bits per heavy atom. The molecule has 1 amide bonds. The molecule has 0 fully saturated rings. The molecule has 2 aromatic carbocycles. The second-order valence-corrected chi connectivity index (χ2v) is 9.15. The van der Waals surface area contributed by atoms with Crippen molar-refractivity contribution in [1.82, 2.24) is 9.55 Å². The van der Waals surface area contributed by atoms with Crippen LogP contribution in [0, 0.1) is 6.92 Å². The summed E-state index contributed by atoms with van der Waals surface area (Å²) < 4.78 is 2.20. The first kappa shape index (κ1) is 21.1. The summed E-state index contributed by atoms with van der Waals surface area (Å²) in [7, 11) is 3.94. The molecule has 2 heterocycles. The average molecular weight is 451 g/mol. The van der Waals surface area contributed by atoms with E-state index in [1.165, 1.54) is 23.1 Å². The smallest absolute Gasteiger partial charge is 0.276 e. The summed E-state index contributed by atoms with van der Waals surface area (Å²) in [6.07, 6.45) is 0. The van der Waals surface area contributed by atoms with E-state index in [-0.39, 0.29) is 17.2 Å². The third-order valence-corrected chi connectivity index (χ3v) is 6.54. The Morgan fingerprint density at radius 3 is 2.65 bits per heavy atom. The summed E-state index contributed by atoms with van der Waals surface area (Å²) >= 11 is 2.63. The number of benzene rings is 2. The number of anilines is 2. The summed E-state index contributed by atoms with van der Waals surface area (Å²) in [4.78, 5) is 32.4. The first-order valence-corrected chi connectivity index (χ1v) is 11.6. The highest BCUT2D eigenvalue weighted by Gasteiger charge is 2.16. The summed E-state index contributed by atoms with van der Waals surface area (Å²) in [6.45, 7) is 1.98. The van der Waals surface area contributed by atoms with Crippen LogP contribution < -0.4 is 15.8 Å². The summed E-state index contributed by atoms with van der Waals surface area (Å²) in [5.74, 6) is -0.0124. The molecule has 2 aromatic heterocycles. The van der Waals surface area contributed by atoms with Crippen molar-refractivity contribution < 1.29 is 4.79 Å². The number of hydrogen-bond acceptors (Lipinski definition) is 6. The minimum Gasteiger partial charge on any atom is -0.378 e. The fraction of sp³-hybridized carbons (Fsp3) is 0.174. The molecule has 0 saturated carbocycles. The van der Waals surface area contributed by atoms with Gasteiger partial charge in [-0.2, -0.15) is 0 Å². The molecule has 4 rings (SSSR count). The fourth-order valence-electron chi connectivity index (χ4n) is 3.15. The molecule has 0 saturated heterocycles. The van der Waals surface area contributed by atoms with Crippen LogP contribution in [-0.4, -0.2) is 35.3 Å². The molecule has 0 aliphatic heterocycles. The van der Waals surface area contributed by atoms with Gasteiger partial charge in [-0.15, -0.1) is 11.3 Å². The number of amides is 1. The van der Waals surface area contributed by atoms with Gasteiger partial charge in [-0.3, -0.25) is 14.2 Å². The van der Waals surface area contributed by atoms with Gasteiger partial charge in [-0.05, 0) is 60.3 Å². The molecular formula is C23H22N4O2S2. The van der Waals surface area contributed by atoms with Gasteiger partial charge in [0, 0.05) is 25.5 Å². The Balaban J connectivity index is 1.58. The first-order valence-electron chi connectivity index (χ1n) is 9.70. The Kier molecular flexibility index (Phi) is 6.11. The van der Waals surface area contributed by atoms with Gasteiger partial charge in [0.05, 0.1) is 17.0 Å². The number of carbonyl (C=O) groups is 1. The van der Waals surface area contributed by atoms with E-state index >= 15 is 0 Å². The summed E-state index contributed by atoms with van der Waals surface area (Å²) in [5.41, 5.74) is 4.12. The quantitative estimate of drug-likeness (QED) is 0.345. The lowest BCUT2D eigenvalue weighted by Crippen LogP contribution is -2.22. The van der Waals surface area contributed by atoms with Crippen LogP contribution >= 0.6 is 23.1 Å². The highest BCUT2D eigenvalue weighted by Crippen LogP contribution is 2.24. The van der Waals surface area contributed by atoms with E-state index < -0.39 is 0 Å². The van der Waals surface area contributed by atoms with Gasteiger partial charge >= 0.3 is 0 Å². The highest BCUT2D eigenvalue weighted by atomic mass is 32.2. The number of carbonyl (C=O) groups excluding carboxylic acids is 1. The molecule has 0 atom stereocenters. The SMILES string of the molecule is Cc1cccc(-n2c(SCC(=O)Nc3ccc(N(C)C)cc3)nc3ccsc3c2=O)c1. The molecule has 0 spiro atoms. The van der Waals surface area contributed by atoms with Gasteiger partial charge < -0.3 is 10.2 Å². The average Bonchev–Trinajstić information content (AvgIpc) is 3.22. The predicted octanol–water partition coefficient (Wildman–Crippen LogP) is 4.55. The molecule has 0 bridgehead atoms. The second-order valence-electron chi connectivity index (χ2n) is 7.29. The van der Waals surface area contributed by atoms with Crippen molar-refractivity contribution in [3.63, 3.8) is 0 Å². The Morgan fingerprint density at radius 2 is 1.94 bits per heavy atom. The number of nitrogens with zero attached hydrogens (tertiary/aromatic N) is 3. The number of aryl methyl sites for hydroxylation is 1. The third-order valence-electron chi connectivity index (χ3n) is 4.71. The van der Waals surface area contributed by atoms with Crippen molar-refractivity contribution in [1.29, 1.82) is 0 Å². The zero-order chi connectivity index (χ0) is 22.0. The van der Waals surface area contributed by atoms with Gasteiger partial charge in [0.1, 0.15) is 4.70 Å². The van der Waals surface area contributed by atoms with Gasteiger partial charge in [0.2, 0.25) is 5.91 Å². The lowest BCUT2D eigenvalue weighted by Gasteiger charge is -2.14. The van der Waals surface area contributed by atoms with Gasteiger partial charge in [-0.25, -0.2) is 4.98 Å². The van der Waals surface area contributed by atoms with Crippen LogP contribution in [0.1, 0.15) is 5.56 Å². The fourth-order valence-corrected chi connectivity index (χ4v) is 4.73. The zero-order valence-corrected chi connectivity index (χ0v) is 19.1. The van der Waals surface area contributed by atoms with E-state index in [1.54, 1.807) is 4.57 Å². The number of nitrogens with one attached hydrogen (secondary N) is 1. The lowest BCUT2D eigenvalue weighted by atomic mass is 10.2. The maximum atomic E-state index is 13.2. The van der Waals surface area contributed by atoms with Crippen LogP contribution in [-0.2, 0) is 4.79 Å². The number of thioether (sulfide) groups is 1. The van der Waals surface area contributed by atoms with Crippen molar-refractivity contribution in [3.05, 3.63) is 75.9 Å². The monoisotopic (exact) mass is 450 g/mol. The van der Waals surface area contributed by atoms with Crippen LogP contribution in [0.2, 0.25) is 0 Å². The standard InChI is InChI=1S/C23H22N4O2S2/c1-15-5-4-6-18(13-15)27-22(29)21-19(11-12-30-21)25-23(27)31-14-20(28)24-16-7-9-17(10-8-16)26(2)3/h4-13H,14H2,1-3H3,(H,24,28). The molecule has 0 unspecified atom stereocenters. The summed E-state index contributed by atoms with van der Waals surface area (Å²) in [6, 6.07) is 17.2. The highest BCUT2D eigenvalue weighted by molar-refractivity contribution is 7.99. The van der Waals surface area contributed by atoms with Crippen molar-refractivity contribution in [2.24, 2.45) is 0 Å². The predicted molar refractivity (Wildman–Crippen MR) is 130 cm³/mol. The minimum absolute atomic E-state index is 0.118. The van der Waals surface area contributed by atoms with Crippen LogP contribution in [0.5, 0.6) is 0 Å². The number of fused-ring (bicyclic) bond motifs is 1. The van der Waals surface area contributed by atoms with Crippen molar-refractivity contribution in [2.45, 2.75) is 12.1 Å². The molecule has 0 aliphatic rings. The van der Waals surface area contributed by atoms with E-state index in [0.717, 1.165) is 22.6 Å². The largest absolute Gasteiger partial charge is 0.378 e. The van der Waals surface area contributed by atoms with E-state index in [2.05, 4.69) is 10.3 Å². The van der Waals surface area contributed by atoms with E-state index in [0.29, 0.717) is 15.4 Å². The maximum Gasteiger partial charge on any atom is 0.276 e. The van der Waals surface area contributed by atoms with Crippen molar-refractivity contribution in [3.8, 4) is 5.69 Å². The van der Waals surface area contributed by atoms with Gasteiger partial charge in [-0.1, -0.05) is 23.9 Å². The van der Waals surface area contributed by atoms with Crippen molar-refractivity contribution in [2.75, 3.05) is 30.1 Å². The number of rotatable bonds is 6. The molecule has 31 heavy (non-hydrogen) atoms. The van der Waals surface area contributed by atoms with Gasteiger partial charge in [0.25, 0.3) is 5.56 Å². The molecule has 0 radical (unpaired) electrons. The molecule has 6 nitrogen and oxygen atoms in total. The molecule has 158 valence electrons. The third kappa shape index (κ3) is 4.65. The van der Waals surface area contributed by atoms with Crippen LogP contribution in [0.15, 0.2) is 69.9 Å².